The fourth-order valence-corrected chi connectivity index (χ4v) is 2.99. The Morgan fingerprint density at radius 3 is 2.81 bits per heavy atom. The molecular formula is C18H28IN5O2S. The van der Waals surface area contributed by atoms with Crippen LogP contribution in [0.2, 0.25) is 0 Å². The SMILES string of the molecule is CCNC(=NCc1cccnc1OCCOC)NCCc1ncc(C)s1.I. The van der Waals surface area contributed by atoms with Crippen molar-refractivity contribution in [3.05, 3.63) is 40.0 Å². The number of hydrogen-bond acceptors (Lipinski definition) is 6. The van der Waals surface area contributed by atoms with Crippen LogP contribution in [0.3, 0.4) is 0 Å². The van der Waals surface area contributed by atoms with Gasteiger partial charge < -0.3 is 20.1 Å². The highest BCUT2D eigenvalue weighted by Crippen LogP contribution is 2.15. The number of aromatic nitrogens is 2. The second-order valence-corrected chi connectivity index (χ2v) is 6.86. The second-order valence-electron chi connectivity index (χ2n) is 5.55. The molecule has 0 spiro atoms. The van der Waals surface area contributed by atoms with Gasteiger partial charge in [0.25, 0.3) is 0 Å². The highest BCUT2D eigenvalue weighted by Gasteiger charge is 2.06. The zero-order valence-corrected chi connectivity index (χ0v) is 19.2. The Morgan fingerprint density at radius 1 is 1.26 bits per heavy atom. The van der Waals surface area contributed by atoms with Crippen LogP contribution in [0.1, 0.15) is 22.4 Å². The molecule has 27 heavy (non-hydrogen) atoms. The number of nitrogens with one attached hydrogen (secondary N) is 2. The summed E-state index contributed by atoms with van der Waals surface area (Å²) in [5.74, 6) is 1.37. The van der Waals surface area contributed by atoms with Crippen molar-refractivity contribution in [2.24, 2.45) is 4.99 Å². The summed E-state index contributed by atoms with van der Waals surface area (Å²) in [5, 5.41) is 7.73. The maximum Gasteiger partial charge on any atom is 0.218 e. The van der Waals surface area contributed by atoms with Crippen LogP contribution in [-0.2, 0) is 17.7 Å². The highest BCUT2D eigenvalue weighted by atomic mass is 127. The summed E-state index contributed by atoms with van der Waals surface area (Å²) in [5.41, 5.74) is 0.941. The first-order valence-electron chi connectivity index (χ1n) is 8.72. The molecule has 7 nitrogen and oxygen atoms in total. The van der Waals surface area contributed by atoms with Crippen LogP contribution in [0, 0.1) is 6.92 Å². The van der Waals surface area contributed by atoms with Gasteiger partial charge in [0.15, 0.2) is 5.96 Å². The number of thiazole rings is 1. The van der Waals surface area contributed by atoms with Gasteiger partial charge in [-0.2, -0.15) is 0 Å². The molecule has 2 heterocycles. The number of nitrogens with zero attached hydrogens (tertiary/aromatic N) is 3. The number of halogens is 1. The summed E-state index contributed by atoms with van der Waals surface area (Å²) >= 11 is 1.73. The van der Waals surface area contributed by atoms with Gasteiger partial charge in [0.1, 0.15) is 6.61 Å². The van der Waals surface area contributed by atoms with E-state index < -0.39 is 0 Å². The van der Waals surface area contributed by atoms with Crippen LogP contribution < -0.4 is 15.4 Å². The van der Waals surface area contributed by atoms with Gasteiger partial charge in [0.05, 0.1) is 18.2 Å². The Hall–Kier alpha value is -1.46. The van der Waals surface area contributed by atoms with Gasteiger partial charge in [-0.05, 0) is 19.9 Å². The number of pyridine rings is 1. The molecule has 0 bridgehead atoms. The molecule has 0 saturated carbocycles. The van der Waals surface area contributed by atoms with E-state index >= 15 is 0 Å². The predicted octanol–water partition coefficient (Wildman–Crippen LogP) is 2.79. The van der Waals surface area contributed by atoms with Crippen molar-refractivity contribution < 1.29 is 9.47 Å². The Bertz CT molecular complexity index is 696. The third-order valence-electron chi connectivity index (χ3n) is 3.43. The molecule has 2 rings (SSSR count). The van der Waals surface area contributed by atoms with E-state index in [1.54, 1.807) is 24.6 Å². The molecule has 9 heteroatoms. The molecule has 2 N–H and O–H groups in total. The van der Waals surface area contributed by atoms with Crippen molar-refractivity contribution in [3.63, 3.8) is 0 Å². The molecule has 0 aliphatic heterocycles. The van der Waals surface area contributed by atoms with Crippen LogP contribution in [-0.4, -0.2) is 49.3 Å². The summed E-state index contributed by atoms with van der Waals surface area (Å²) in [7, 11) is 1.65. The maximum atomic E-state index is 5.66. The minimum Gasteiger partial charge on any atom is -0.475 e. The third kappa shape index (κ3) is 8.85. The number of rotatable bonds is 10. The molecule has 0 aliphatic carbocycles. The third-order valence-corrected chi connectivity index (χ3v) is 4.40. The number of hydrogen-bond donors (Lipinski definition) is 2. The number of guanidine groups is 1. The van der Waals surface area contributed by atoms with Crippen molar-refractivity contribution >= 4 is 41.3 Å². The zero-order valence-electron chi connectivity index (χ0n) is 16.0. The lowest BCUT2D eigenvalue weighted by molar-refractivity contribution is 0.143. The fourth-order valence-electron chi connectivity index (χ4n) is 2.21. The lowest BCUT2D eigenvalue weighted by atomic mass is 10.3. The minimum absolute atomic E-state index is 0. The lowest BCUT2D eigenvalue weighted by Crippen LogP contribution is -2.38. The molecule has 2 aromatic heterocycles. The van der Waals surface area contributed by atoms with Crippen molar-refractivity contribution in [2.45, 2.75) is 26.8 Å². The normalized spacial score (nSPS) is 11.0. The Morgan fingerprint density at radius 2 is 2.11 bits per heavy atom. The first-order chi connectivity index (χ1) is 12.7. The summed E-state index contributed by atoms with van der Waals surface area (Å²) in [6.45, 7) is 7.18. The summed E-state index contributed by atoms with van der Waals surface area (Å²) in [6.07, 6.45) is 4.50. The van der Waals surface area contributed by atoms with Gasteiger partial charge in [0, 0.05) is 49.5 Å². The first-order valence-corrected chi connectivity index (χ1v) is 9.53. The highest BCUT2D eigenvalue weighted by molar-refractivity contribution is 14.0. The molecule has 0 aliphatic rings. The van der Waals surface area contributed by atoms with Gasteiger partial charge >= 0.3 is 0 Å². The molecule has 0 aromatic carbocycles. The van der Waals surface area contributed by atoms with Crippen LogP contribution in [0.5, 0.6) is 5.88 Å². The van der Waals surface area contributed by atoms with Crippen LogP contribution in [0.25, 0.3) is 0 Å². The molecule has 0 radical (unpaired) electrons. The van der Waals surface area contributed by atoms with Gasteiger partial charge in [-0.3, -0.25) is 0 Å². The number of methoxy groups -OCH3 is 1. The Kier molecular flexibility index (Phi) is 11.9. The van der Waals surface area contributed by atoms with Gasteiger partial charge in [-0.15, -0.1) is 35.3 Å². The van der Waals surface area contributed by atoms with Crippen molar-refractivity contribution in [1.82, 2.24) is 20.6 Å². The maximum absolute atomic E-state index is 5.66. The van der Waals surface area contributed by atoms with Crippen molar-refractivity contribution in [1.29, 1.82) is 0 Å². The molecule has 0 saturated heterocycles. The van der Waals surface area contributed by atoms with E-state index in [0.717, 1.165) is 36.0 Å². The second kappa shape index (κ2) is 13.7. The van der Waals surface area contributed by atoms with Crippen LogP contribution in [0.4, 0.5) is 0 Å². The zero-order chi connectivity index (χ0) is 18.6. The topological polar surface area (TPSA) is 80.7 Å². The van der Waals surface area contributed by atoms with Crippen LogP contribution >= 0.6 is 35.3 Å². The Balaban J connectivity index is 0.00000364. The van der Waals surface area contributed by atoms with E-state index in [1.165, 1.54) is 4.88 Å². The molecule has 0 atom stereocenters. The number of aryl methyl sites for hydroxylation is 1. The smallest absolute Gasteiger partial charge is 0.218 e. The van der Waals surface area contributed by atoms with E-state index in [-0.39, 0.29) is 24.0 Å². The molecular weight excluding hydrogens is 477 g/mol. The fraction of sp³-hybridized carbons (Fsp3) is 0.500. The molecule has 0 amide bonds. The van der Waals surface area contributed by atoms with Gasteiger partial charge in [-0.1, -0.05) is 6.07 Å². The molecule has 2 aromatic rings. The van der Waals surface area contributed by atoms with Crippen molar-refractivity contribution in [3.8, 4) is 5.88 Å². The number of aliphatic imine (C=N–C) groups is 1. The standard InChI is InChI=1S/C18H27N5O2S.HI/c1-4-19-18(21-9-7-16-22-12-14(2)26-16)23-13-15-6-5-8-20-17(15)25-11-10-24-3;/h5-6,8,12H,4,7,9-11,13H2,1-3H3,(H2,19,21,23);1H. The Labute approximate surface area is 182 Å². The van der Waals surface area contributed by atoms with Crippen LogP contribution in [0.15, 0.2) is 29.5 Å². The molecule has 0 unspecified atom stereocenters. The predicted molar refractivity (Wildman–Crippen MR) is 120 cm³/mol. The summed E-state index contributed by atoms with van der Waals surface area (Å²) < 4.78 is 10.7. The molecule has 0 fully saturated rings. The molecule has 150 valence electrons. The first kappa shape index (κ1) is 23.6. The quantitative estimate of drug-likeness (QED) is 0.224. The average molecular weight is 505 g/mol. The van der Waals surface area contributed by atoms with Crippen molar-refractivity contribution in [2.75, 3.05) is 33.4 Å². The van der Waals surface area contributed by atoms with E-state index in [9.17, 15) is 0 Å². The van der Waals surface area contributed by atoms with E-state index in [1.807, 2.05) is 25.3 Å². The minimum atomic E-state index is 0. The average Bonchev–Trinajstić information content (AvgIpc) is 3.06. The van der Waals surface area contributed by atoms with E-state index in [4.69, 9.17) is 9.47 Å². The monoisotopic (exact) mass is 505 g/mol. The summed E-state index contributed by atoms with van der Waals surface area (Å²) in [6, 6.07) is 3.86. The van der Waals surface area contributed by atoms with Gasteiger partial charge in [0.2, 0.25) is 5.88 Å². The van der Waals surface area contributed by atoms with E-state index in [0.29, 0.717) is 25.6 Å². The summed E-state index contributed by atoms with van der Waals surface area (Å²) in [4.78, 5) is 14.5. The van der Waals surface area contributed by atoms with Gasteiger partial charge in [-0.25, -0.2) is 15.0 Å². The lowest BCUT2D eigenvalue weighted by Gasteiger charge is -2.12. The van der Waals surface area contributed by atoms with E-state index in [2.05, 4.69) is 32.5 Å². The number of ether oxygens (including phenoxy) is 2. The largest absolute Gasteiger partial charge is 0.475 e.